The van der Waals surface area contributed by atoms with Crippen LogP contribution in [0.3, 0.4) is 0 Å². The molecule has 8 nitrogen and oxygen atoms in total. The first kappa shape index (κ1) is 20.7. The summed E-state index contributed by atoms with van der Waals surface area (Å²) in [4.78, 5) is 25.2. The lowest BCUT2D eigenvalue weighted by atomic mass is 9.94. The van der Waals surface area contributed by atoms with Crippen molar-refractivity contribution in [2.75, 3.05) is 19.9 Å². The van der Waals surface area contributed by atoms with Crippen LogP contribution in [0.4, 0.5) is 9.18 Å². The number of esters is 1. The Kier molecular flexibility index (Phi) is 6.03. The molecular formula is C22H22FN3O5. The molecule has 0 aliphatic carbocycles. The molecule has 4 rings (SSSR count). The van der Waals surface area contributed by atoms with Crippen LogP contribution in [0.15, 0.2) is 53.7 Å². The number of amides is 2. The zero-order valence-electron chi connectivity index (χ0n) is 16.9. The molecule has 2 heterocycles. The largest absolute Gasteiger partial charge is 0.463 e. The maximum atomic E-state index is 13.9. The van der Waals surface area contributed by atoms with Crippen LogP contribution in [-0.4, -0.2) is 31.9 Å². The average Bonchev–Trinajstić information content (AvgIpc) is 3.22. The van der Waals surface area contributed by atoms with E-state index in [9.17, 15) is 14.0 Å². The lowest BCUT2D eigenvalue weighted by Crippen LogP contribution is -2.48. The number of nitrogens with one attached hydrogen (secondary N) is 3. The fourth-order valence-electron chi connectivity index (χ4n) is 3.51. The van der Waals surface area contributed by atoms with Crippen LogP contribution in [-0.2, 0) is 16.1 Å². The summed E-state index contributed by atoms with van der Waals surface area (Å²) in [6, 6.07) is 10.4. The molecular weight excluding hydrogens is 405 g/mol. The minimum absolute atomic E-state index is 0.114. The molecule has 0 fully saturated rings. The summed E-state index contributed by atoms with van der Waals surface area (Å²) < 4.78 is 29.9. The third-order valence-corrected chi connectivity index (χ3v) is 4.95. The SMILES string of the molecule is CCOC(=O)C1=C(CNCc2ccccc2F)NC(=O)N[C@H]1c1ccc2c(c1)OCO2. The van der Waals surface area contributed by atoms with E-state index in [-0.39, 0.29) is 37.9 Å². The van der Waals surface area contributed by atoms with E-state index in [2.05, 4.69) is 16.0 Å². The van der Waals surface area contributed by atoms with Crippen molar-refractivity contribution in [3.8, 4) is 11.5 Å². The van der Waals surface area contributed by atoms with Crippen molar-refractivity contribution in [2.45, 2.75) is 19.5 Å². The molecule has 1 atom stereocenters. The number of halogens is 1. The van der Waals surface area contributed by atoms with Crippen molar-refractivity contribution >= 4 is 12.0 Å². The topological polar surface area (TPSA) is 97.9 Å². The highest BCUT2D eigenvalue weighted by atomic mass is 19.1. The van der Waals surface area contributed by atoms with Crippen molar-refractivity contribution in [1.29, 1.82) is 0 Å². The normalized spacial score (nSPS) is 17.2. The van der Waals surface area contributed by atoms with Gasteiger partial charge in [0.15, 0.2) is 11.5 Å². The summed E-state index contributed by atoms with van der Waals surface area (Å²) in [5.74, 6) is 0.243. The van der Waals surface area contributed by atoms with Gasteiger partial charge in [-0.05, 0) is 30.7 Å². The smallest absolute Gasteiger partial charge is 0.338 e. The first-order valence-corrected chi connectivity index (χ1v) is 9.88. The summed E-state index contributed by atoms with van der Waals surface area (Å²) in [6.07, 6.45) is 0. The highest BCUT2D eigenvalue weighted by molar-refractivity contribution is 5.95. The number of carbonyl (C=O) groups is 2. The minimum atomic E-state index is -0.743. The molecule has 0 spiro atoms. The van der Waals surface area contributed by atoms with Crippen LogP contribution < -0.4 is 25.4 Å². The van der Waals surface area contributed by atoms with Crippen LogP contribution in [0, 0.1) is 5.82 Å². The Hall–Kier alpha value is -3.59. The van der Waals surface area contributed by atoms with Crippen LogP contribution in [0.1, 0.15) is 24.1 Å². The van der Waals surface area contributed by atoms with Crippen LogP contribution >= 0.6 is 0 Å². The van der Waals surface area contributed by atoms with E-state index in [1.54, 1.807) is 43.3 Å². The maximum Gasteiger partial charge on any atom is 0.338 e. The number of carbonyl (C=O) groups excluding carboxylic acids is 2. The van der Waals surface area contributed by atoms with E-state index in [0.29, 0.717) is 28.3 Å². The van der Waals surface area contributed by atoms with Crippen molar-refractivity contribution in [2.24, 2.45) is 0 Å². The number of hydrogen-bond acceptors (Lipinski definition) is 6. The first-order valence-electron chi connectivity index (χ1n) is 9.88. The van der Waals surface area contributed by atoms with Crippen molar-refractivity contribution in [3.63, 3.8) is 0 Å². The summed E-state index contributed by atoms with van der Waals surface area (Å²) in [5.41, 5.74) is 1.75. The lowest BCUT2D eigenvalue weighted by molar-refractivity contribution is -0.139. The van der Waals surface area contributed by atoms with Gasteiger partial charge in [-0.1, -0.05) is 24.3 Å². The molecule has 2 aliphatic heterocycles. The molecule has 2 aromatic rings. The number of benzene rings is 2. The number of fused-ring (bicyclic) bond motifs is 1. The highest BCUT2D eigenvalue weighted by Crippen LogP contribution is 2.37. The van der Waals surface area contributed by atoms with Crippen LogP contribution in [0.2, 0.25) is 0 Å². The molecule has 2 amide bonds. The van der Waals surface area contributed by atoms with Gasteiger partial charge >= 0.3 is 12.0 Å². The summed E-state index contributed by atoms with van der Waals surface area (Å²) in [6.45, 7) is 2.36. The van der Waals surface area contributed by atoms with Gasteiger partial charge in [-0.25, -0.2) is 14.0 Å². The Bertz CT molecular complexity index is 1040. The fraction of sp³-hybridized carbons (Fsp3) is 0.273. The molecule has 2 aliphatic rings. The summed E-state index contributed by atoms with van der Waals surface area (Å²) in [5, 5.41) is 8.52. The van der Waals surface area contributed by atoms with E-state index in [4.69, 9.17) is 14.2 Å². The Morgan fingerprint density at radius 3 is 2.81 bits per heavy atom. The molecule has 0 aromatic heterocycles. The van der Waals surface area contributed by atoms with Crippen LogP contribution in [0.5, 0.6) is 11.5 Å². The Morgan fingerprint density at radius 1 is 1.19 bits per heavy atom. The predicted molar refractivity (Wildman–Crippen MR) is 109 cm³/mol. The predicted octanol–water partition coefficient (Wildman–Crippen LogP) is 2.52. The molecule has 3 N–H and O–H groups in total. The molecule has 0 radical (unpaired) electrons. The van der Waals surface area contributed by atoms with E-state index < -0.39 is 18.0 Å². The average molecular weight is 427 g/mol. The van der Waals surface area contributed by atoms with Crippen molar-refractivity contribution < 1.29 is 28.2 Å². The Labute approximate surface area is 178 Å². The maximum absolute atomic E-state index is 13.9. The fourth-order valence-corrected chi connectivity index (χ4v) is 3.51. The van der Waals surface area contributed by atoms with Gasteiger partial charge in [-0.2, -0.15) is 0 Å². The number of hydrogen-bond donors (Lipinski definition) is 3. The second-order valence-corrected chi connectivity index (χ2v) is 6.95. The Balaban J connectivity index is 1.62. The van der Waals surface area contributed by atoms with E-state index in [1.807, 2.05) is 0 Å². The molecule has 0 unspecified atom stereocenters. The van der Waals surface area contributed by atoms with Gasteiger partial charge in [0.05, 0.1) is 18.2 Å². The molecule has 162 valence electrons. The molecule has 2 aromatic carbocycles. The van der Waals surface area contributed by atoms with Crippen molar-refractivity contribution in [1.82, 2.24) is 16.0 Å². The quantitative estimate of drug-likeness (QED) is 0.588. The first-order chi connectivity index (χ1) is 15.1. The Morgan fingerprint density at radius 2 is 2.00 bits per heavy atom. The molecule has 0 saturated carbocycles. The van der Waals surface area contributed by atoms with Gasteiger partial charge < -0.3 is 30.2 Å². The van der Waals surface area contributed by atoms with Gasteiger partial charge in [-0.3, -0.25) is 0 Å². The number of rotatable bonds is 7. The standard InChI is InChI=1S/C22H22FN3O5/c1-2-29-21(27)19-16(11-24-10-14-5-3-4-6-15(14)23)25-22(28)26-20(19)13-7-8-17-18(9-13)31-12-30-17/h3-9,20,24H,2,10-12H2,1H3,(H2,25,26,28)/t20-/m0/s1. The monoisotopic (exact) mass is 427 g/mol. The molecule has 9 heteroatoms. The van der Waals surface area contributed by atoms with Crippen molar-refractivity contribution in [3.05, 3.63) is 70.7 Å². The van der Waals surface area contributed by atoms with Gasteiger partial charge in [0.25, 0.3) is 0 Å². The van der Waals surface area contributed by atoms with E-state index in [1.165, 1.54) is 6.07 Å². The molecule has 0 bridgehead atoms. The van der Waals surface area contributed by atoms with Gasteiger partial charge in [0.2, 0.25) is 6.79 Å². The zero-order chi connectivity index (χ0) is 21.8. The summed E-state index contributed by atoms with van der Waals surface area (Å²) in [7, 11) is 0. The highest BCUT2D eigenvalue weighted by Gasteiger charge is 2.34. The third kappa shape index (κ3) is 4.46. The second kappa shape index (κ2) is 9.05. The van der Waals surface area contributed by atoms with Gasteiger partial charge in [0.1, 0.15) is 5.82 Å². The number of ether oxygens (including phenoxy) is 3. The van der Waals surface area contributed by atoms with E-state index in [0.717, 1.165) is 0 Å². The molecule has 0 saturated heterocycles. The lowest BCUT2D eigenvalue weighted by Gasteiger charge is -2.29. The second-order valence-electron chi connectivity index (χ2n) is 6.95. The zero-order valence-corrected chi connectivity index (χ0v) is 16.9. The number of urea groups is 1. The minimum Gasteiger partial charge on any atom is -0.463 e. The summed E-state index contributed by atoms with van der Waals surface area (Å²) >= 11 is 0. The molecule has 31 heavy (non-hydrogen) atoms. The van der Waals surface area contributed by atoms with Gasteiger partial charge in [0, 0.05) is 24.4 Å². The van der Waals surface area contributed by atoms with E-state index >= 15 is 0 Å². The van der Waals surface area contributed by atoms with Gasteiger partial charge in [-0.15, -0.1) is 0 Å². The van der Waals surface area contributed by atoms with Crippen LogP contribution in [0.25, 0.3) is 0 Å². The third-order valence-electron chi connectivity index (χ3n) is 4.95.